The summed E-state index contributed by atoms with van der Waals surface area (Å²) in [6.07, 6.45) is 1.58. The molecule has 1 heterocycles. The Morgan fingerprint density at radius 3 is 2.83 bits per heavy atom. The predicted molar refractivity (Wildman–Crippen MR) is 63.7 cm³/mol. The SMILES string of the molecule is CC(CNC(=O)NCc1cccnn1)CC(=O)O. The predicted octanol–water partition coefficient (Wildman–Crippen LogP) is 0.387. The van der Waals surface area contributed by atoms with E-state index in [4.69, 9.17) is 5.11 Å². The number of carboxylic acids is 1. The van der Waals surface area contributed by atoms with Gasteiger partial charge in [-0.1, -0.05) is 6.92 Å². The van der Waals surface area contributed by atoms with Crippen molar-refractivity contribution in [1.82, 2.24) is 20.8 Å². The van der Waals surface area contributed by atoms with Gasteiger partial charge in [-0.25, -0.2) is 4.79 Å². The highest BCUT2D eigenvalue weighted by atomic mass is 16.4. The van der Waals surface area contributed by atoms with E-state index in [1.165, 1.54) is 0 Å². The molecule has 0 radical (unpaired) electrons. The van der Waals surface area contributed by atoms with E-state index in [1.807, 2.05) is 0 Å². The number of carbonyl (C=O) groups excluding carboxylic acids is 1. The molecule has 2 amide bonds. The smallest absolute Gasteiger partial charge is 0.315 e. The van der Waals surface area contributed by atoms with Crippen molar-refractivity contribution in [3.8, 4) is 0 Å². The van der Waals surface area contributed by atoms with Gasteiger partial charge in [-0.2, -0.15) is 10.2 Å². The van der Waals surface area contributed by atoms with Crippen molar-refractivity contribution in [1.29, 1.82) is 0 Å². The summed E-state index contributed by atoms with van der Waals surface area (Å²) in [5.74, 6) is -0.978. The van der Waals surface area contributed by atoms with Crippen LogP contribution < -0.4 is 10.6 Å². The molecule has 1 unspecified atom stereocenters. The number of carbonyl (C=O) groups is 2. The Morgan fingerprint density at radius 2 is 2.22 bits per heavy atom. The standard InChI is InChI=1S/C11H16N4O3/c1-8(5-10(16)17)6-12-11(18)13-7-9-3-2-4-14-15-9/h2-4,8H,5-7H2,1H3,(H,16,17)(H2,12,13,18). The summed E-state index contributed by atoms with van der Waals surface area (Å²) in [6, 6.07) is 3.13. The monoisotopic (exact) mass is 252 g/mol. The molecular weight excluding hydrogens is 236 g/mol. The Balaban J connectivity index is 2.20. The second kappa shape index (κ2) is 7.21. The molecule has 7 nitrogen and oxygen atoms in total. The Bertz CT molecular complexity index is 397. The number of hydrogen-bond donors (Lipinski definition) is 3. The lowest BCUT2D eigenvalue weighted by Crippen LogP contribution is -2.37. The molecule has 7 heteroatoms. The molecule has 3 N–H and O–H groups in total. The lowest BCUT2D eigenvalue weighted by Gasteiger charge is -2.11. The first kappa shape index (κ1) is 13.9. The first-order valence-corrected chi connectivity index (χ1v) is 5.58. The van der Waals surface area contributed by atoms with E-state index >= 15 is 0 Å². The highest BCUT2D eigenvalue weighted by Crippen LogP contribution is 1.99. The summed E-state index contributed by atoms with van der Waals surface area (Å²) >= 11 is 0. The molecule has 1 atom stereocenters. The highest BCUT2D eigenvalue weighted by Gasteiger charge is 2.09. The molecule has 0 saturated carbocycles. The lowest BCUT2D eigenvalue weighted by molar-refractivity contribution is -0.137. The van der Waals surface area contributed by atoms with Crippen LogP contribution in [0.15, 0.2) is 18.3 Å². The summed E-state index contributed by atoms with van der Waals surface area (Å²) in [6.45, 7) is 2.36. The molecule has 98 valence electrons. The van der Waals surface area contributed by atoms with Crippen LogP contribution >= 0.6 is 0 Å². The minimum Gasteiger partial charge on any atom is -0.481 e. The summed E-state index contributed by atoms with van der Waals surface area (Å²) in [7, 11) is 0. The molecule has 1 rings (SSSR count). The Hall–Kier alpha value is -2.18. The Kier molecular flexibility index (Phi) is 5.56. The number of urea groups is 1. The van der Waals surface area contributed by atoms with Gasteiger partial charge < -0.3 is 15.7 Å². The maximum atomic E-state index is 11.4. The summed E-state index contributed by atoms with van der Waals surface area (Å²) < 4.78 is 0. The molecule has 0 aliphatic carbocycles. The Morgan fingerprint density at radius 1 is 1.44 bits per heavy atom. The van der Waals surface area contributed by atoms with Crippen LogP contribution in [0, 0.1) is 5.92 Å². The maximum absolute atomic E-state index is 11.4. The van der Waals surface area contributed by atoms with E-state index in [-0.39, 0.29) is 24.9 Å². The number of aliphatic carboxylic acids is 1. The van der Waals surface area contributed by atoms with Gasteiger partial charge in [-0.05, 0) is 18.1 Å². The van der Waals surface area contributed by atoms with Crippen molar-refractivity contribution in [3.63, 3.8) is 0 Å². The summed E-state index contributed by atoms with van der Waals surface area (Å²) in [4.78, 5) is 21.8. The van der Waals surface area contributed by atoms with Crippen molar-refractivity contribution >= 4 is 12.0 Å². The van der Waals surface area contributed by atoms with Gasteiger partial charge >= 0.3 is 12.0 Å². The maximum Gasteiger partial charge on any atom is 0.315 e. The quantitative estimate of drug-likeness (QED) is 0.679. The second-order valence-electron chi connectivity index (χ2n) is 3.98. The van der Waals surface area contributed by atoms with Crippen molar-refractivity contribution < 1.29 is 14.7 Å². The minimum atomic E-state index is -0.871. The molecule has 0 aliphatic rings. The van der Waals surface area contributed by atoms with Gasteiger partial charge in [0.25, 0.3) is 0 Å². The molecule has 0 aromatic carbocycles. The Labute approximate surface area is 105 Å². The van der Waals surface area contributed by atoms with Crippen LogP contribution in [-0.4, -0.2) is 33.8 Å². The van der Waals surface area contributed by atoms with E-state index < -0.39 is 5.97 Å². The third-order valence-corrected chi connectivity index (χ3v) is 2.19. The average Bonchev–Trinajstić information content (AvgIpc) is 2.34. The number of rotatable bonds is 6. The van der Waals surface area contributed by atoms with Gasteiger partial charge in [0.15, 0.2) is 0 Å². The molecule has 0 spiro atoms. The third kappa shape index (κ3) is 5.78. The van der Waals surface area contributed by atoms with Crippen LogP contribution in [0.25, 0.3) is 0 Å². The topological polar surface area (TPSA) is 104 Å². The number of nitrogens with one attached hydrogen (secondary N) is 2. The van der Waals surface area contributed by atoms with Crippen molar-refractivity contribution in [2.24, 2.45) is 5.92 Å². The normalized spacial score (nSPS) is 11.6. The van der Waals surface area contributed by atoms with Crippen molar-refractivity contribution in [2.75, 3.05) is 6.54 Å². The number of hydrogen-bond acceptors (Lipinski definition) is 4. The molecular formula is C11H16N4O3. The van der Waals surface area contributed by atoms with Crippen LogP contribution in [-0.2, 0) is 11.3 Å². The minimum absolute atomic E-state index is 0.0322. The summed E-state index contributed by atoms with van der Waals surface area (Å²) in [5, 5.41) is 21.3. The van der Waals surface area contributed by atoms with Gasteiger partial charge in [0.2, 0.25) is 0 Å². The third-order valence-electron chi connectivity index (χ3n) is 2.19. The first-order valence-electron chi connectivity index (χ1n) is 5.58. The molecule has 1 aromatic heterocycles. The zero-order chi connectivity index (χ0) is 13.4. The first-order chi connectivity index (χ1) is 8.58. The second-order valence-corrected chi connectivity index (χ2v) is 3.98. The van der Waals surface area contributed by atoms with E-state index in [1.54, 1.807) is 25.3 Å². The zero-order valence-electron chi connectivity index (χ0n) is 10.1. The average molecular weight is 252 g/mol. The number of nitrogens with zero attached hydrogens (tertiary/aromatic N) is 2. The largest absolute Gasteiger partial charge is 0.481 e. The van der Waals surface area contributed by atoms with Crippen LogP contribution in [0.4, 0.5) is 4.79 Å². The lowest BCUT2D eigenvalue weighted by atomic mass is 10.1. The van der Waals surface area contributed by atoms with Gasteiger partial charge in [0, 0.05) is 19.2 Å². The van der Waals surface area contributed by atoms with E-state index in [9.17, 15) is 9.59 Å². The summed E-state index contributed by atoms with van der Waals surface area (Å²) in [5.41, 5.74) is 0.659. The fraction of sp³-hybridized carbons (Fsp3) is 0.455. The van der Waals surface area contributed by atoms with Gasteiger partial charge in [-0.3, -0.25) is 4.79 Å². The zero-order valence-corrected chi connectivity index (χ0v) is 10.1. The fourth-order valence-electron chi connectivity index (χ4n) is 1.30. The molecule has 1 aromatic rings. The van der Waals surface area contributed by atoms with E-state index in [2.05, 4.69) is 20.8 Å². The van der Waals surface area contributed by atoms with Crippen molar-refractivity contribution in [3.05, 3.63) is 24.0 Å². The van der Waals surface area contributed by atoms with E-state index in [0.29, 0.717) is 12.2 Å². The highest BCUT2D eigenvalue weighted by molar-refractivity contribution is 5.73. The molecule has 0 aliphatic heterocycles. The van der Waals surface area contributed by atoms with Gasteiger partial charge in [0.05, 0.1) is 12.2 Å². The van der Waals surface area contributed by atoms with Gasteiger partial charge in [-0.15, -0.1) is 0 Å². The van der Waals surface area contributed by atoms with Crippen LogP contribution in [0.3, 0.4) is 0 Å². The fourth-order valence-corrected chi connectivity index (χ4v) is 1.30. The van der Waals surface area contributed by atoms with Gasteiger partial charge in [0.1, 0.15) is 0 Å². The number of carboxylic acid groups (broad SMARTS) is 1. The number of aromatic nitrogens is 2. The number of amides is 2. The van der Waals surface area contributed by atoms with Crippen LogP contribution in [0.1, 0.15) is 19.0 Å². The molecule has 0 saturated heterocycles. The van der Waals surface area contributed by atoms with Crippen LogP contribution in [0.2, 0.25) is 0 Å². The van der Waals surface area contributed by atoms with Crippen molar-refractivity contribution in [2.45, 2.75) is 19.9 Å². The van der Waals surface area contributed by atoms with E-state index in [0.717, 1.165) is 0 Å². The molecule has 18 heavy (non-hydrogen) atoms. The van der Waals surface area contributed by atoms with Crippen LogP contribution in [0.5, 0.6) is 0 Å². The molecule has 0 bridgehead atoms. The molecule has 0 fully saturated rings.